The van der Waals surface area contributed by atoms with Crippen LogP contribution in [-0.2, 0) is 0 Å². The summed E-state index contributed by atoms with van der Waals surface area (Å²) in [4.78, 5) is 9.40. The lowest BCUT2D eigenvalue weighted by atomic mass is 9.99. The van der Waals surface area contributed by atoms with Gasteiger partial charge in [-0.2, -0.15) is 0 Å². The predicted octanol–water partition coefficient (Wildman–Crippen LogP) is 5.12. The molecule has 1 aliphatic heterocycles. The third-order valence-electron chi connectivity index (χ3n) is 3.70. The van der Waals surface area contributed by atoms with Gasteiger partial charge in [-0.1, -0.05) is 72.4 Å². The first-order valence-corrected chi connectivity index (χ1v) is 8.97. The standard InChI is InChI=1S/C18H14N2S2/c1-3-7-13(8-4-1)16-17(14-9-5-2-6-10-14)22-18(20-16)15-11-21-12-19-15/h1-12,16-17H. The average Bonchev–Trinajstić information content (AvgIpc) is 3.26. The minimum absolute atomic E-state index is 0.144. The van der Waals surface area contributed by atoms with Crippen LogP contribution in [0.1, 0.15) is 28.1 Å². The second kappa shape index (κ2) is 6.07. The lowest BCUT2D eigenvalue weighted by molar-refractivity contribution is 0.724. The van der Waals surface area contributed by atoms with Crippen LogP contribution in [-0.4, -0.2) is 10.0 Å². The Kier molecular flexibility index (Phi) is 3.79. The summed E-state index contributed by atoms with van der Waals surface area (Å²) in [6.07, 6.45) is 0. The number of nitrogens with zero attached hydrogens (tertiary/aromatic N) is 2. The molecule has 0 N–H and O–H groups in total. The van der Waals surface area contributed by atoms with E-state index < -0.39 is 0 Å². The van der Waals surface area contributed by atoms with Crippen LogP contribution in [0.2, 0.25) is 0 Å². The molecule has 2 atom stereocenters. The van der Waals surface area contributed by atoms with Crippen molar-refractivity contribution in [2.24, 2.45) is 4.99 Å². The van der Waals surface area contributed by atoms with Gasteiger partial charge in [0.1, 0.15) is 10.7 Å². The molecule has 0 saturated heterocycles. The Morgan fingerprint density at radius 3 is 2.14 bits per heavy atom. The second-order valence-electron chi connectivity index (χ2n) is 5.11. The van der Waals surface area contributed by atoms with Gasteiger partial charge in [-0.25, -0.2) is 4.98 Å². The molecule has 0 amide bonds. The fraction of sp³-hybridized carbons (Fsp3) is 0.111. The summed E-state index contributed by atoms with van der Waals surface area (Å²) in [5.74, 6) is 0. The van der Waals surface area contributed by atoms with Crippen molar-refractivity contribution in [2.45, 2.75) is 11.3 Å². The van der Waals surface area contributed by atoms with Gasteiger partial charge in [0, 0.05) is 5.38 Å². The normalized spacial score (nSPS) is 20.8. The molecule has 2 unspecified atom stereocenters. The number of aromatic nitrogens is 1. The third kappa shape index (κ3) is 2.60. The number of benzene rings is 2. The van der Waals surface area contributed by atoms with Gasteiger partial charge >= 0.3 is 0 Å². The fourth-order valence-corrected chi connectivity index (χ4v) is 4.55. The Morgan fingerprint density at radius 1 is 0.818 bits per heavy atom. The molecule has 0 bridgehead atoms. The number of hydrogen-bond donors (Lipinski definition) is 0. The quantitative estimate of drug-likeness (QED) is 0.669. The van der Waals surface area contributed by atoms with Crippen molar-refractivity contribution >= 4 is 28.1 Å². The molecule has 3 aromatic rings. The van der Waals surface area contributed by atoms with E-state index in [-0.39, 0.29) is 6.04 Å². The van der Waals surface area contributed by atoms with Crippen LogP contribution >= 0.6 is 23.1 Å². The monoisotopic (exact) mass is 322 g/mol. The summed E-state index contributed by atoms with van der Waals surface area (Å²) < 4.78 is 0. The smallest absolute Gasteiger partial charge is 0.118 e. The molecule has 2 heterocycles. The lowest BCUT2D eigenvalue weighted by Crippen LogP contribution is -2.02. The first kappa shape index (κ1) is 13.7. The molecule has 4 rings (SSSR count). The van der Waals surface area contributed by atoms with Crippen LogP contribution in [0.25, 0.3) is 0 Å². The lowest BCUT2D eigenvalue weighted by Gasteiger charge is -2.17. The van der Waals surface area contributed by atoms with Gasteiger partial charge in [-0.3, -0.25) is 4.99 Å². The van der Waals surface area contributed by atoms with E-state index in [2.05, 4.69) is 65.0 Å². The van der Waals surface area contributed by atoms with Crippen molar-refractivity contribution in [3.8, 4) is 0 Å². The second-order valence-corrected chi connectivity index (χ2v) is 6.96. The number of thioether (sulfide) groups is 1. The number of rotatable bonds is 3. The Bertz CT molecular complexity index is 767. The highest BCUT2D eigenvalue weighted by Crippen LogP contribution is 2.49. The van der Waals surface area contributed by atoms with Crippen molar-refractivity contribution in [2.75, 3.05) is 0 Å². The first-order chi connectivity index (χ1) is 10.9. The van der Waals surface area contributed by atoms with E-state index in [0.29, 0.717) is 5.25 Å². The van der Waals surface area contributed by atoms with Crippen LogP contribution in [0.4, 0.5) is 0 Å². The zero-order valence-corrected chi connectivity index (χ0v) is 13.4. The van der Waals surface area contributed by atoms with E-state index in [1.54, 1.807) is 11.3 Å². The Hall–Kier alpha value is -1.91. The number of aliphatic imine (C=N–C) groups is 1. The number of hydrogen-bond acceptors (Lipinski definition) is 4. The number of thiazole rings is 1. The minimum Gasteiger partial charge on any atom is -0.266 e. The van der Waals surface area contributed by atoms with Crippen LogP contribution in [0, 0.1) is 0 Å². The van der Waals surface area contributed by atoms with Crippen molar-refractivity contribution in [1.29, 1.82) is 0 Å². The maximum Gasteiger partial charge on any atom is 0.118 e. The topological polar surface area (TPSA) is 25.2 Å². The van der Waals surface area contributed by atoms with Gasteiger partial charge in [0.15, 0.2) is 0 Å². The molecule has 2 nitrogen and oxygen atoms in total. The summed E-state index contributed by atoms with van der Waals surface area (Å²) in [7, 11) is 0. The largest absolute Gasteiger partial charge is 0.266 e. The van der Waals surface area contributed by atoms with Gasteiger partial charge in [0.05, 0.1) is 16.8 Å². The van der Waals surface area contributed by atoms with Crippen LogP contribution in [0.5, 0.6) is 0 Å². The van der Waals surface area contributed by atoms with E-state index in [4.69, 9.17) is 4.99 Å². The van der Waals surface area contributed by atoms with Crippen molar-refractivity contribution in [1.82, 2.24) is 4.98 Å². The maximum atomic E-state index is 4.98. The highest BCUT2D eigenvalue weighted by Gasteiger charge is 2.33. The molecule has 108 valence electrons. The summed E-state index contributed by atoms with van der Waals surface area (Å²) >= 11 is 3.43. The molecule has 2 aromatic carbocycles. The van der Waals surface area contributed by atoms with Gasteiger partial charge in [0.2, 0.25) is 0 Å². The first-order valence-electron chi connectivity index (χ1n) is 7.15. The SMILES string of the molecule is c1ccc(C2N=C(c3cscn3)SC2c2ccccc2)cc1. The van der Waals surface area contributed by atoms with E-state index in [0.717, 1.165) is 10.7 Å². The van der Waals surface area contributed by atoms with Crippen LogP contribution < -0.4 is 0 Å². The molecule has 0 fully saturated rings. The Morgan fingerprint density at radius 2 is 1.50 bits per heavy atom. The maximum absolute atomic E-state index is 4.98. The Labute approximate surface area is 138 Å². The van der Waals surface area contributed by atoms with Gasteiger partial charge in [-0.15, -0.1) is 11.3 Å². The van der Waals surface area contributed by atoms with Gasteiger partial charge < -0.3 is 0 Å². The average molecular weight is 322 g/mol. The zero-order chi connectivity index (χ0) is 14.8. The molecule has 1 aromatic heterocycles. The highest BCUT2D eigenvalue weighted by molar-refractivity contribution is 8.14. The molecule has 0 aliphatic carbocycles. The van der Waals surface area contributed by atoms with Crippen molar-refractivity contribution in [3.63, 3.8) is 0 Å². The Balaban J connectivity index is 1.75. The molecular formula is C18H14N2S2. The molecule has 22 heavy (non-hydrogen) atoms. The van der Waals surface area contributed by atoms with E-state index >= 15 is 0 Å². The zero-order valence-electron chi connectivity index (χ0n) is 11.8. The summed E-state index contributed by atoms with van der Waals surface area (Å²) in [6, 6.07) is 21.3. The predicted molar refractivity (Wildman–Crippen MR) is 94.6 cm³/mol. The van der Waals surface area contributed by atoms with E-state index in [1.807, 2.05) is 23.3 Å². The molecule has 0 spiro atoms. The van der Waals surface area contributed by atoms with Crippen molar-refractivity contribution in [3.05, 3.63) is 88.4 Å². The molecule has 4 heteroatoms. The molecule has 1 aliphatic rings. The molecular weight excluding hydrogens is 308 g/mol. The summed E-state index contributed by atoms with van der Waals surface area (Å²) in [5.41, 5.74) is 5.44. The highest BCUT2D eigenvalue weighted by atomic mass is 32.2. The van der Waals surface area contributed by atoms with Gasteiger partial charge in [0.25, 0.3) is 0 Å². The summed E-state index contributed by atoms with van der Waals surface area (Å²) in [6.45, 7) is 0. The fourth-order valence-electron chi connectivity index (χ4n) is 2.65. The summed E-state index contributed by atoms with van der Waals surface area (Å²) in [5, 5.41) is 3.42. The van der Waals surface area contributed by atoms with Crippen LogP contribution in [0.3, 0.4) is 0 Å². The minimum atomic E-state index is 0.144. The third-order valence-corrected chi connectivity index (χ3v) is 5.61. The van der Waals surface area contributed by atoms with Crippen molar-refractivity contribution < 1.29 is 0 Å². The van der Waals surface area contributed by atoms with Gasteiger partial charge in [-0.05, 0) is 11.1 Å². The van der Waals surface area contributed by atoms with E-state index in [9.17, 15) is 0 Å². The van der Waals surface area contributed by atoms with Crippen LogP contribution in [0.15, 0.2) is 76.5 Å². The molecule has 0 radical (unpaired) electrons. The van der Waals surface area contributed by atoms with E-state index in [1.165, 1.54) is 11.1 Å². The molecule has 0 saturated carbocycles.